The highest BCUT2D eigenvalue weighted by Gasteiger charge is 2.34. The summed E-state index contributed by atoms with van der Waals surface area (Å²) in [5.74, 6) is 0.193. The first kappa shape index (κ1) is 21.7. The molecule has 2 amide bonds. The van der Waals surface area contributed by atoms with Crippen LogP contribution in [0.1, 0.15) is 42.6 Å². The predicted molar refractivity (Wildman–Crippen MR) is 116 cm³/mol. The van der Waals surface area contributed by atoms with Gasteiger partial charge in [-0.05, 0) is 51.0 Å². The zero-order valence-electron chi connectivity index (χ0n) is 16.9. The lowest BCUT2D eigenvalue weighted by molar-refractivity contribution is 0.0597. The van der Waals surface area contributed by atoms with E-state index in [1.807, 2.05) is 20.8 Å². The predicted octanol–water partition coefficient (Wildman–Crippen LogP) is 3.86. The first-order valence-corrected chi connectivity index (χ1v) is 10.9. The Morgan fingerprint density at radius 1 is 1.24 bits per heavy atom. The Morgan fingerprint density at radius 2 is 1.93 bits per heavy atom. The highest BCUT2D eigenvalue weighted by Crippen LogP contribution is 2.23. The maximum atomic E-state index is 12.5. The molecule has 0 unspecified atom stereocenters. The van der Waals surface area contributed by atoms with Gasteiger partial charge in [-0.3, -0.25) is 10.1 Å². The highest BCUT2D eigenvalue weighted by atomic mass is 35.5. The molecule has 0 aliphatic carbocycles. The molecule has 7 nitrogen and oxygen atoms in total. The average molecular weight is 436 g/mol. The van der Waals surface area contributed by atoms with Gasteiger partial charge in [0.2, 0.25) is 5.13 Å². The Labute approximate surface area is 179 Å². The molecule has 29 heavy (non-hydrogen) atoms. The van der Waals surface area contributed by atoms with Crippen LogP contribution < -0.4 is 10.6 Å². The van der Waals surface area contributed by atoms with E-state index in [0.717, 1.165) is 37.5 Å². The quantitative estimate of drug-likeness (QED) is 0.615. The van der Waals surface area contributed by atoms with E-state index in [0.29, 0.717) is 15.7 Å². The number of nitrogens with zero attached hydrogens (tertiary/aromatic N) is 3. The molecule has 9 heteroatoms. The number of hydrogen-bond donors (Lipinski definition) is 2. The van der Waals surface area contributed by atoms with Crippen LogP contribution in [0.5, 0.6) is 0 Å². The van der Waals surface area contributed by atoms with Gasteiger partial charge in [0, 0.05) is 41.7 Å². The van der Waals surface area contributed by atoms with Crippen molar-refractivity contribution in [2.24, 2.45) is 5.92 Å². The smallest absolute Gasteiger partial charge is 0.321 e. The van der Waals surface area contributed by atoms with Crippen molar-refractivity contribution in [1.82, 2.24) is 20.4 Å². The van der Waals surface area contributed by atoms with Crippen molar-refractivity contribution in [1.29, 1.82) is 0 Å². The molecule has 1 aromatic heterocycles. The number of benzene rings is 1. The van der Waals surface area contributed by atoms with Crippen LogP contribution in [-0.4, -0.2) is 52.1 Å². The number of aryl methyl sites for hydroxylation is 1. The molecule has 1 aliphatic heterocycles. The van der Waals surface area contributed by atoms with Crippen molar-refractivity contribution in [2.75, 3.05) is 25.0 Å². The largest absolute Gasteiger partial charge is 0.333 e. The SMILES string of the molecule is CCc1nnc(NC(=O)NC(C)(C)CCN2CC(C(=O)c3ccc(Cl)cc3)C2)s1. The van der Waals surface area contributed by atoms with Crippen LogP contribution in [0.2, 0.25) is 5.02 Å². The number of aromatic nitrogens is 2. The second-order valence-electron chi connectivity index (χ2n) is 7.90. The molecule has 1 aliphatic rings. The van der Waals surface area contributed by atoms with Crippen molar-refractivity contribution in [3.63, 3.8) is 0 Å². The molecule has 1 saturated heterocycles. The normalized spacial score (nSPS) is 15.0. The number of nitrogens with one attached hydrogen (secondary N) is 2. The van der Waals surface area contributed by atoms with Crippen molar-refractivity contribution >= 4 is 39.9 Å². The summed E-state index contributed by atoms with van der Waals surface area (Å²) in [6.45, 7) is 8.27. The zero-order chi connectivity index (χ0) is 21.0. The van der Waals surface area contributed by atoms with Crippen molar-refractivity contribution in [2.45, 2.75) is 39.2 Å². The zero-order valence-corrected chi connectivity index (χ0v) is 18.4. The van der Waals surface area contributed by atoms with E-state index in [9.17, 15) is 9.59 Å². The molecule has 3 rings (SSSR count). The van der Waals surface area contributed by atoms with Crippen LogP contribution in [0.25, 0.3) is 0 Å². The van der Waals surface area contributed by atoms with Crippen molar-refractivity contribution in [3.05, 3.63) is 39.9 Å². The number of ketones is 1. The highest BCUT2D eigenvalue weighted by molar-refractivity contribution is 7.15. The van der Waals surface area contributed by atoms with E-state index in [1.165, 1.54) is 11.3 Å². The lowest BCUT2D eigenvalue weighted by Crippen LogP contribution is -2.53. The molecule has 2 heterocycles. The van der Waals surface area contributed by atoms with E-state index in [2.05, 4.69) is 25.7 Å². The summed E-state index contributed by atoms with van der Waals surface area (Å²) in [6, 6.07) is 6.76. The minimum Gasteiger partial charge on any atom is -0.333 e. The molecule has 156 valence electrons. The number of carbonyl (C=O) groups is 2. The summed E-state index contributed by atoms with van der Waals surface area (Å²) < 4.78 is 0. The number of Topliss-reactive ketones (excluding diaryl/α,β-unsaturated/α-hetero) is 1. The average Bonchev–Trinajstić information content (AvgIpc) is 3.07. The topological polar surface area (TPSA) is 87.2 Å². The van der Waals surface area contributed by atoms with E-state index >= 15 is 0 Å². The minimum absolute atomic E-state index is 0.0284. The van der Waals surface area contributed by atoms with Gasteiger partial charge in [0.05, 0.1) is 0 Å². The first-order valence-electron chi connectivity index (χ1n) is 9.69. The third-order valence-electron chi connectivity index (χ3n) is 4.95. The molecule has 0 radical (unpaired) electrons. The van der Waals surface area contributed by atoms with Gasteiger partial charge in [0.1, 0.15) is 5.01 Å². The summed E-state index contributed by atoms with van der Waals surface area (Å²) in [5, 5.41) is 15.7. The minimum atomic E-state index is -0.381. The van der Waals surface area contributed by atoms with Crippen molar-refractivity contribution in [3.8, 4) is 0 Å². The monoisotopic (exact) mass is 435 g/mol. The molecule has 1 aromatic carbocycles. The number of carbonyl (C=O) groups excluding carboxylic acids is 2. The number of halogens is 1. The van der Waals surface area contributed by atoms with Gasteiger partial charge < -0.3 is 10.2 Å². The Hall–Kier alpha value is -2.03. The second-order valence-corrected chi connectivity index (χ2v) is 9.39. The molecule has 0 atom stereocenters. The molecule has 2 N–H and O–H groups in total. The molecule has 0 bridgehead atoms. The molecular weight excluding hydrogens is 410 g/mol. The van der Waals surface area contributed by atoms with E-state index in [4.69, 9.17) is 11.6 Å². The Balaban J connectivity index is 1.40. The molecule has 2 aromatic rings. The van der Waals surface area contributed by atoms with Gasteiger partial charge >= 0.3 is 6.03 Å². The Morgan fingerprint density at radius 3 is 2.55 bits per heavy atom. The van der Waals surface area contributed by atoms with Gasteiger partial charge in [-0.2, -0.15) is 0 Å². The fourth-order valence-electron chi connectivity index (χ4n) is 3.15. The van der Waals surface area contributed by atoms with Gasteiger partial charge in [-0.1, -0.05) is 29.9 Å². The Kier molecular flexibility index (Phi) is 6.87. The van der Waals surface area contributed by atoms with Gasteiger partial charge in [-0.15, -0.1) is 10.2 Å². The van der Waals surface area contributed by atoms with Crippen LogP contribution in [0.15, 0.2) is 24.3 Å². The van der Waals surface area contributed by atoms with Crippen LogP contribution in [0.3, 0.4) is 0 Å². The van der Waals surface area contributed by atoms with E-state index < -0.39 is 0 Å². The molecular formula is C20H26ClN5O2S. The number of amides is 2. The number of rotatable bonds is 8. The van der Waals surface area contributed by atoms with Gasteiger partial charge in [-0.25, -0.2) is 4.79 Å². The molecule has 0 spiro atoms. The maximum absolute atomic E-state index is 12.5. The summed E-state index contributed by atoms with van der Waals surface area (Å²) in [4.78, 5) is 26.9. The van der Waals surface area contributed by atoms with Gasteiger partial charge in [0.25, 0.3) is 0 Å². The molecule has 0 saturated carbocycles. The van der Waals surface area contributed by atoms with Gasteiger partial charge in [0.15, 0.2) is 5.78 Å². The number of hydrogen-bond acceptors (Lipinski definition) is 6. The summed E-state index contributed by atoms with van der Waals surface area (Å²) in [7, 11) is 0. The van der Waals surface area contributed by atoms with Crippen LogP contribution in [0.4, 0.5) is 9.93 Å². The maximum Gasteiger partial charge on any atom is 0.321 e. The lowest BCUT2D eigenvalue weighted by atomic mass is 9.89. The third-order valence-corrected chi connectivity index (χ3v) is 6.19. The standard InChI is InChI=1S/C20H26ClN5O2S/c1-4-16-24-25-19(29-16)22-18(28)23-20(2,3)9-10-26-11-14(12-26)17(27)13-5-7-15(21)8-6-13/h5-8,14H,4,9-12H2,1-3H3,(H2,22,23,25,28). The number of urea groups is 1. The summed E-state index contributed by atoms with van der Waals surface area (Å²) in [6.07, 6.45) is 1.57. The molecule has 1 fully saturated rings. The Bertz CT molecular complexity index is 862. The van der Waals surface area contributed by atoms with E-state index in [1.54, 1.807) is 24.3 Å². The fourth-order valence-corrected chi connectivity index (χ4v) is 3.95. The fraction of sp³-hybridized carbons (Fsp3) is 0.500. The second kappa shape index (κ2) is 9.19. The number of likely N-dealkylation sites (tertiary alicyclic amines) is 1. The van der Waals surface area contributed by atoms with Crippen LogP contribution in [0, 0.1) is 5.92 Å². The van der Waals surface area contributed by atoms with Crippen molar-refractivity contribution < 1.29 is 9.59 Å². The third kappa shape index (κ3) is 5.98. The first-order chi connectivity index (χ1) is 13.8. The lowest BCUT2D eigenvalue weighted by Gasteiger charge is -2.40. The summed E-state index contributed by atoms with van der Waals surface area (Å²) >= 11 is 7.26. The van der Waals surface area contributed by atoms with Crippen LogP contribution >= 0.6 is 22.9 Å². The van der Waals surface area contributed by atoms with E-state index in [-0.39, 0.29) is 23.3 Å². The number of anilines is 1. The van der Waals surface area contributed by atoms with Crippen LogP contribution in [-0.2, 0) is 6.42 Å². The summed E-state index contributed by atoms with van der Waals surface area (Å²) in [5.41, 5.74) is 0.328.